The zero-order valence-corrected chi connectivity index (χ0v) is 9.86. The molecular weight excluding hydrogens is 272 g/mol. The molecule has 1 nitrogen and oxygen atoms in total. The number of hydrogen-bond acceptors (Lipinski definition) is 0. The Kier molecular flexibility index (Phi) is 9.77. The Morgan fingerprint density at radius 3 is 2.00 bits per heavy atom. The van der Waals surface area contributed by atoms with Gasteiger partial charge in [0.15, 0.2) is 0 Å². The highest BCUT2D eigenvalue weighted by molar-refractivity contribution is 9.24. The highest BCUT2D eigenvalue weighted by Crippen LogP contribution is 2.17. The van der Waals surface area contributed by atoms with Gasteiger partial charge < -0.3 is 0 Å². The monoisotopic (exact) mass is 285 g/mol. The first-order valence-electron chi connectivity index (χ1n) is 4.13. The Labute approximate surface area is 85.8 Å². The van der Waals surface area contributed by atoms with Crippen LogP contribution in [-0.2, 0) is 5.11 Å². The van der Waals surface area contributed by atoms with Gasteiger partial charge in [-0.3, -0.25) is 0 Å². The van der Waals surface area contributed by atoms with Crippen molar-refractivity contribution in [3.63, 3.8) is 0 Å². The Hall–Kier alpha value is 0.920. The van der Waals surface area contributed by atoms with Crippen molar-refractivity contribution in [2.24, 2.45) is 0 Å². The lowest BCUT2D eigenvalue weighted by Crippen LogP contribution is -1.86. The van der Waals surface area contributed by atoms with E-state index in [1.165, 1.54) is 25.7 Å². The van der Waals surface area contributed by atoms with Crippen LogP contribution < -0.4 is 0 Å². The lowest BCUT2D eigenvalue weighted by atomic mass is 10.1. The smallest absolute Gasteiger partial charge is 0.0822 e. The molecule has 1 radical (unpaired) electrons. The van der Waals surface area contributed by atoms with Crippen LogP contribution in [-0.4, -0.2) is 10.3 Å². The van der Waals surface area contributed by atoms with Crippen LogP contribution in [0.25, 0.3) is 0 Å². The number of hydrogen-bond donors (Lipinski definition) is 0. The second-order valence-corrected chi connectivity index (χ2v) is 6.09. The number of rotatable bonds is 7. The highest BCUT2D eigenvalue weighted by atomic mass is 79.9. The number of halogens is 2. The van der Waals surface area contributed by atoms with Gasteiger partial charge in [-0.1, -0.05) is 57.5 Å². The molecule has 0 aromatic carbocycles. The van der Waals surface area contributed by atoms with Gasteiger partial charge in [0.1, 0.15) is 0 Å². The average molecular weight is 287 g/mol. The molecule has 0 aromatic heterocycles. The van der Waals surface area contributed by atoms with E-state index in [-0.39, 0.29) is 6.61 Å². The highest BCUT2D eigenvalue weighted by Gasteiger charge is 1.96. The van der Waals surface area contributed by atoms with Gasteiger partial charge in [-0.2, -0.15) is 0 Å². The van der Waals surface area contributed by atoms with Crippen molar-refractivity contribution < 1.29 is 5.11 Å². The van der Waals surface area contributed by atoms with Gasteiger partial charge in [-0.25, -0.2) is 5.11 Å². The largest absolute Gasteiger partial charge is 0.237 e. The molecule has 0 rings (SSSR count). The van der Waals surface area contributed by atoms with E-state index >= 15 is 0 Å². The Morgan fingerprint density at radius 2 is 1.45 bits per heavy atom. The van der Waals surface area contributed by atoms with Crippen LogP contribution in [0.3, 0.4) is 0 Å². The first-order chi connectivity index (χ1) is 5.27. The van der Waals surface area contributed by atoms with Crippen LogP contribution in [0.1, 0.15) is 38.5 Å². The molecule has 67 valence electrons. The van der Waals surface area contributed by atoms with E-state index in [9.17, 15) is 5.11 Å². The predicted octanol–water partition coefficient (Wildman–Crippen LogP) is 3.87. The van der Waals surface area contributed by atoms with Crippen molar-refractivity contribution in [3.8, 4) is 0 Å². The summed E-state index contributed by atoms with van der Waals surface area (Å²) in [7, 11) is 0. The Morgan fingerprint density at radius 1 is 0.909 bits per heavy atom. The minimum atomic E-state index is 0.0967. The minimum Gasteiger partial charge on any atom is -0.237 e. The maximum Gasteiger partial charge on any atom is 0.0822 e. The molecule has 0 saturated heterocycles. The molecule has 0 N–H and O–H groups in total. The van der Waals surface area contributed by atoms with E-state index in [1.54, 1.807) is 0 Å². The van der Waals surface area contributed by atoms with Crippen molar-refractivity contribution in [3.05, 3.63) is 0 Å². The zero-order chi connectivity index (χ0) is 8.53. The van der Waals surface area contributed by atoms with Crippen molar-refractivity contribution in [2.75, 3.05) is 6.61 Å². The molecule has 3 heteroatoms. The third kappa shape index (κ3) is 10.9. The summed E-state index contributed by atoms with van der Waals surface area (Å²) in [4.78, 5) is 0. The maximum atomic E-state index is 10.1. The second-order valence-electron chi connectivity index (χ2n) is 2.65. The van der Waals surface area contributed by atoms with Crippen molar-refractivity contribution in [2.45, 2.75) is 42.3 Å². The lowest BCUT2D eigenvalue weighted by molar-refractivity contribution is 0.186. The van der Waals surface area contributed by atoms with Crippen LogP contribution in [0.2, 0.25) is 0 Å². The fourth-order valence-corrected chi connectivity index (χ4v) is 1.58. The summed E-state index contributed by atoms with van der Waals surface area (Å²) in [5.41, 5.74) is 0. The van der Waals surface area contributed by atoms with Crippen LogP contribution in [0.15, 0.2) is 0 Å². The van der Waals surface area contributed by atoms with Gasteiger partial charge >= 0.3 is 0 Å². The molecular formula is C8H15Br2O. The zero-order valence-electron chi connectivity index (χ0n) is 6.69. The second kappa shape index (κ2) is 9.01. The van der Waals surface area contributed by atoms with E-state index in [2.05, 4.69) is 31.9 Å². The third-order valence-electron chi connectivity index (χ3n) is 1.57. The maximum absolute atomic E-state index is 10.1. The number of unbranched alkanes of at least 4 members (excludes halogenated alkanes) is 4. The Bertz CT molecular complexity index is 76.5. The van der Waals surface area contributed by atoms with Gasteiger partial charge in [-0.15, -0.1) is 0 Å². The van der Waals surface area contributed by atoms with Crippen molar-refractivity contribution >= 4 is 31.9 Å². The lowest BCUT2D eigenvalue weighted by Gasteiger charge is -2.00. The normalized spacial score (nSPS) is 10.9. The minimum absolute atomic E-state index is 0.0967. The molecule has 0 spiro atoms. The summed E-state index contributed by atoms with van der Waals surface area (Å²) in [6, 6.07) is 0. The van der Waals surface area contributed by atoms with E-state index in [0.29, 0.717) is 3.74 Å². The molecule has 0 aliphatic heterocycles. The summed E-state index contributed by atoms with van der Waals surface area (Å²) in [6.45, 7) is 0.0967. The molecule has 0 fully saturated rings. The average Bonchev–Trinajstić information content (AvgIpc) is 1.96. The van der Waals surface area contributed by atoms with Crippen LogP contribution in [0, 0.1) is 0 Å². The van der Waals surface area contributed by atoms with Gasteiger partial charge in [0.25, 0.3) is 0 Å². The van der Waals surface area contributed by atoms with Gasteiger partial charge in [0, 0.05) is 0 Å². The molecule has 0 heterocycles. The van der Waals surface area contributed by atoms with E-state index in [0.717, 1.165) is 12.8 Å². The fourth-order valence-electron chi connectivity index (χ4n) is 0.931. The van der Waals surface area contributed by atoms with Crippen LogP contribution in [0.4, 0.5) is 0 Å². The third-order valence-corrected chi connectivity index (χ3v) is 2.48. The first kappa shape index (κ1) is 11.9. The molecule has 11 heavy (non-hydrogen) atoms. The fraction of sp³-hybridized carbons (Fsp3) is 1.00. The van der Waals surface area contributed by atoms with E-state index in [4.69, 9.17) is 0 Å². The predicted molar refractivity (Wildman–Crippen MR) is 54.9 cm³/mol. The van der Waals surface area contributed by atoms with Crippen molar-refractivity contribution in [1.82, 2.24) is 0 Å². The molecule has 0 aliphatic carbocycles. The summed E-state index contributed by atoms with van der Waals surface area (Å²) < 4.78 is 0.467. The molecule has 0 atom stereocenters. The molecule has 0 amide bonds. The summed E-state index contributed by atoms with van der Waals surface area (Å²) in [5.74, 6) is 0. The summed E-state index contributed by atoms with van der Waals surface area (Å²) in [5, 5.41) is 10.1. The molecule has 0 saturated carbocycles. The Balaban J connectivity index is 2.80. The van der Waals surface area contributed by atoms with Gasteiger partial charge in [0.05, 0.1) is 10.3 Å². The first-order valence-corrected chi connectivity index (χ1v) is 5.96. The molecule has 0 aromatic rings. The topological polar surface area (TPSA) is 19.9 Å². The quantitative estimate of drug-likeness (QED) is 0.500. The molecule has 0 bridgehead atoms. The summed E-state index contributed by atoms with van der Waals surface area (Å²) in [6.07, 6.45) is 6.87. The van der Waals surface area contributed by atoms with Crippen molar-refractivity contribution in [1.29, 1.82) is 0 Å². The number of alkyl halides is 2. The van der Waals surface area contributed by atoms with Gasteiger partial charge in [-0.05, 0) is 12.8 Å². The SMILES string of the molecule is [O]CCCCCCCC(Br)Br. The molecule has 0 unspecified atom stereocenters. The van der Waals surface area contributed by atoms with Crippen LogP contribution >= 0.6 is 31.9 Å². The van der Waals surface area contributed by atoms with E-state index in [1.807, 2.05) is 0 Å². The summed E-state index contributed by atoms with van der Waals surface area (Å²) >= 11 is 6.85. The molecule has 0 aliphatic rings. The standard InChI is InChI=1S/C8H15Br2O/c9-8(10)6-4-2-1-3-5-7-11/h8H,1-7H2. The van der Waals surface area contributed by atoms with E-state index < -0.39 is 0 Å². The van der Waals surface area contributed by atoms with Gasteiger partial charge in [0.2, 0.25) is 0 Å². The van der Waals surface area contributed by atoms with Crippen LogP contribution in [0.5, 0.6) is 0 Å².